The van der Waals surface area contributed by atoms with E-state index in [1.807, 2.05) is 20.8 Å². The Bertz CT molecular complexity index is 441. The van der Waals surface area contributed by atoms with E-state index in [-0.39, 0.29) is 23.3 Å². The van der Waals surface area contributed by atoms with Crippen molar-refractivity contribution >= 4 is 22.7 Å². The molecule has 0 bridgehead atoms. The van der Waals surface area contributed by atoms with Gasteiger partial charge in [0, 0.05) is 28.9 Å². The number of hydrogen-bond donors (Lipinski definition) is 2. The fraction of sp³-hybridized carbons (Fsp3) is 0.727. The van der Waals surface area contributed by atoms with E-state index in [2.05, 4.69) is 20.3 Å². The van der Waals surface area contributed by atoms with Crippen LogP contribution in [0.3, 0.4) is 0 Å². The number of ether oxygens (including phenoxy) is 1. The Morgan fingerprint density at radius 2 is 2.00 bits per heavy atom. The molecule has 2 atom stereocenters. The second-order valence-corrected chi connectivity index (χ2v) is 6.29. The number of rotatable bonds is 7. The van der Waals surface area contributed by atoms with Crippen molar-refractivity contribution in [3.63, 3.8) is 0 Å². The molecule has 0 spiro atoms. The number of nitrogens with one attached hydrogen (secondary N) is 1. The van der Waals surface area contributed by atoms with Gasteiger partial charge in [-0.2, -0.15) is 15.0 Å². The van der Waals surface area contributed by atoms with E-state index in [1.54, 1.807) is 6.26 Å². The lowest BCUT2D eigenvalue weighted by Crippen LogP contribution is -2.17. The molecule has 0 aromatic carbocycles. The maximum absolute atomic E-state index is 11.2. The minimum Gasteiger partial charge on any atom is -0.461 e. The average molecular weight is 287 g/mol. The molecule has 1 rings (SSSR count). The lowest BCUT2D eigenvalue weighted by Gasteiger charge is -2.11. The predicted octanol–water partition coefficient (Wildman–Crippen LogP) is 0.810. The third-order valence-electron chi connectivity index (χ3n) is 2.37. The first kappa shape index (κ1) is 15.6. The summed E-state index contributed by atoms with van der Waals surface area (Å²) in [6.45, 7) is 6.31. The fourth-order valence-electron chi connectivity index (χ4n) is 1.27. The highest BCUT2D eigenvalue weighted by Gasteiger charge is 2.09. The Morgan fingerprint density at radius 3 is 2.58 bits per heavy atom. The first-order chi connectivity index (χ1) is 8.88. The van der Waals surface area contributed by atoms with Crippen LogP contribution in [-0.2, 0) is 10.8 Å². The van der Waals surface area contributed by atoms with Gasteiger partial charge in [-0.25, -0.2) is 0 Å². The molecular formula is C11H21N5O2S. The molecule has 3 N–H and O–H groups in total. The van der Waals surface area contributed by atoms with Crippen LogP contribution in [0.1, 0.15) is 27.2 Å². The topological polar surface area (TPSA) is 103 Å². The van der Waals surface area contributed by atoms with Gasteiger partial charge in [0.1, 0.15) is 0 Å². The Balaban J connectivity index is 2.58. The van der Waals surface area contributed by atoms with E-state index < -0.39 is 10.8 Å². The molecule has 108 valence electrons. The molecule has 0 saturated heterocycles. The van der Waals surface area contributed by atoms with Crippen LogP contribution in [0.2, 0.25) is 0 Å². The van der Waals surface area contributed by atoms with Gasteiger partial charge in [0.2, 0.25) is 11.9 Å². The van der Waals surface area contributed by atoms with Gasteiger partial charge in [0.25, 0.3) is 0 Å². The Morgan fingerprint density at radius 1 is 1.32 bits per heavy atom. The van der Waals surface area contributed by atoms with Gasteiger partial charge in [0.15, 0.2) is 0 Å². The molecule has 0 aliphatic carbocycles. The SMILES string of the molecule is CC(C)Oc1nc(N)nc(NCCC(C)S(C)=O)n1. The molecular weight excluding hydrogens is 266 g/mol. The number of nitrogens with zero attached hydrogens (tertiary/aromatic N) is 3. The summed E-state index contributed by atoms with van der Waals surface area (Å²) in [5.74, 6) is 0.484. The first-order valence-electron chi connectivity index (χ1n) is 6.12. The minimum absolute atomic E-state index is 0.0304. The van der Waals surface area contributed by atoms with E-state index in [0.717, 1.165) is 6.42 Å². The molecule has 1 heterocycles. The average Bonchev–Trinajstić information content (AvgIpc) is 2.26. The van der Waals surface area contributed by atoms with Crippen LogP contribution in [0.25, 0.3) is 0 Å². The van der Waals surface area contributed by atoms with E-state index in [1.165, 1.54) is 0 Å². The molecule has 0 saturated carbocycles. The van der Waals surface area contributed by atoms with Crippen molar-refractivity contribution in [2.75, 3.05) is 23.9 Å². The maximum Gasteiger partial charge on any atom is 0.323 e. The summed E-state index contributed by atoms with van der Waals surface area (Å²) in [6, 6.07) is 0.206. The van der Waals surface area contributed by atoms with Crippen LogP contribution in [0.5, 0.6) is 6.01 Å². The van der Waals surface area contributed by atoms with Crippen molar-refractivity contribution in [2.24, 2.45) is 0 Å². The molecule has 0 radical (unpaired) electrons. The molecule has 1 aromatic heterocycles. The van der Waals surface area contributed by atoms with Crippen molar-refractivity contribution in [3.8, 4) is 6.01 Å². The molecule has 0 amide bonds. The maximum atomic E-state index is 11.2. The largest absolute Gasteiger partial charge is 0.461 e. The van der Waals surface area contributed by atoms with E-state index in [9.17, 15) is 4.21 Å². The lowest BCUT2D eigenvalue weighted by molar-refractivity contribution is 0.222. The smallest absolute Gasteiger partial charge is 0.323 e. The summed E-state index contributed by atoms with van der Waals surface area (Å²) in [4.78, 5) is 12.0. The van der Waals surface area contributed by atoms with Gasteiger partial charge in [0.05, 0.1) is 6.10 Å². The summed E-state index contributed by atoms with van der Waals surface area (Å²) in [5.41, 5.74) is 5.58. The fourth-order valence-corrected chi connectivity index (χ4v) is 1.72. The van der Waals surface area contributed by atoms with Gasteiger partial charge in [-0.3, -0.25) is 4.21 Å². The van der Waals surface area contributed by atoms with Crippen LogP contribution in [0.15, 0.2) is 0 Å². The Kier molecular flexibility index (Phi) is 5.94. The monoisotopic (exact) mass is 287 g/mol. The predicted molar refractivity (Wildman–Crippen MR) is 76.6 cm³/mol. The van der Waals surface area contributed by atoms with Crippen molar-refractivity contribution in [2.45, 2.75) is 38.5 Å². The second-order valence-electron chi connectivity index (χ2n) is 4.49. The van der Waals surface area contributed by atoms with E-state index in [4.69, 9.17) is 10.5 Å². The molecule has 7 nitrogen and oxygen atoms in total. The van der Waals surface area contributed by atoms with Crippen molar-refractivity contribution in [3.05, 3.63) is 0 Å². The molecule has 19 heavy (non-hydrogen) atoms. The zero-order valence-corrected chi connectivity index (χ0v) is 12.5. The summed E-state index contributed by atoms with van der Waals surface area (Å²) in [6.07, 6.45) is 2.42. The third-order valence-corrected chi connectivity index (χ3v) is 3.74. The molecule has 8 heteroatoms. The molecule has 1 aromatic rings. The van der Waals surface area contributed by atoms with Crippen molar-refractivity contribution in [1.82, 2.24) is 15.0 Å². The van der Waals surface area contributed by atoms with Crippen LogP contribution in [0.4, 0.5) is 11.9 Å². The van der Waals surface area contributed by atoms with Crippen molar-refractivity contribution in [1.29, 1.82) is 0 Å². The lowest BCUT2D eigenvalue weighted by atomic mass is 10.3. The highest BCUT2D eigenvalue weighted by Crippen LogP contribution is 2.10. The van der Waals surface area contributed by atoms with Gasteiger partial charge in [-0.1, -0.05) is 6.92 Å². The van der Waals surface area contributed by atoms with Gasteiger partial charge >= 0.3 is 6.01 Å². The molecule has 2 unspecified atom stereocenters. The summed E-state index contributed by atoms with van der Waals surface area (Å²) >= 11 is 0. The molecule has 0 fully saturated rings. The summed E-state index contributed by atoms with van der Waals surface area (Å²) < 4.78 is 16.6. The van der Waals surface area contributed by atoms with Gasteiger partial charge < -0.3 is 15.8 Å². The number of aromatic nitrogens is 3. The summed E-state index contributed by atoms with van der Waals surface area (Å²) in [5, 5.41) is 3.15. The molecule has 0 aliphatic rings. The van der Waals surface area contributed by atoms with Crippen LogP contribution >= 0.6 is 0 Å². The summed E-state index contributed by atoms with van der Waals surface area (Å²) in [7, 11) is -0.827. The standard InChI is InChI=1S/C11H21N5O2S/c1-7(2)18-11-15-9(12)14-10(16-11)13-6-5-8(3)19(4)17/h7-8H,5-6H2,1-4H3,(H3,12,13,14,15,16). The van der Waals surface area contributed by atoms with Crippen molar-refractivity contribution < 1.29 is 8.95 Å². The van der Waals surface area contributed by atoms with Crippen LogP contribution < -0.4 is 15.8 Å². The highest BCUT2D eigenvalue weighted by molar-refractivity contribution is 7.84. The number of nitrogen functional groups attached to an aromatic ring is 1. The number of anilines is 2. The first-order valence-corrected chi connectivity index (χ1v) is 7.75. The van der Waals surface area contributed by atoms with Gasteiger partial charge in [-0.15, -0.1) is 0 Å². The van der Waals surface area contributed by atoms with Crippen LogP contribution in [-0.4, -0.2) is 43.3 Å². The zero-order chi connectivity index (χ0) is 14.4. The third kappa shape index (κ3) is 5.82. The van der Waals surface area contributed by atoms with E-state index in [0.29, 0.717) is 12.5 Å². The van der Waals surface area contributed by atoms with E-state index >= 15 is 0 Å². The van der Waals surface area contributed by atoms with Crippen LogP contribution in [0, 0.1) is 0 Å². The number of nitrogens with two attached hydrogens (primary N) is 1. The molecule has 0 aliphatic heterocycles. The Hall–Kier alpha value is -1.44. The quantitative estimate of drug-likeness (QED) is 0.764. The number of hydrogen-bond acceptors (Lipinski definition) is 7. The van der Waals surface area contributed by atoms with Gasteiger partial charge in [-0.05, 0) is 20.3 Å². The highest BCUT2D eigenvalue weighted by atomic mass is 32.2. The normalized spacial score (nSPS) is 14.2. The Labute approximate surface area is 115 Å². The minimum atomic E-state index is -0.827. The zero-order valence-electron chi connectivity index (χ0n) is 11.7. The second kappa shape index (κ2) is 7.22.